The molecule has 2 aromatic rings. The third-order valence-corrected chi connectivity index (χ3v) is 2.89. The topological polar surface area (TPSA) is 55.7 Å². The summed E-state index contributed by atoms with van der Waals surface area (Å²) in [5, 5.41) is 6.73. The zero-order chi connectivity index (χ0) is 12.8. The molecule has 5 nitrogen and oxygen atoms in total. The van der Waals surface area contributed by atoms with Crippen molar-refractivity contribution in [3.63, 3.8) is 0 Å². The molecule has 1 aromatic carbocycles. The Morgan fingerprint density at radius 1 is 1.28 bits per heavy atom. The van der Waals surface area contributed by atoms with E-state index in [0.717, 1.165) is 10.7 Å². The summed E-state index contributed by atoms with van der Waals surface area (Å²) in [6.45, 7) is 0. The van der Waals surface area contributed by atoms with E-state index in [1.165, 1.54) is 11.3 Å². The van der Waals surface area contributed by atoms with Gasteiger partial charge < -0.3 is 9.47 Å². The molecule has 1 aromatic heterocycles. The number of hydrogen-bond acceptors (Lipinski definition) is 6. The van der Waals surface area contributed by atoms with Crippen molar-refractivity contribution in [2.45, 2.75) is 0 Å². The number of nitrogens with zero attached hydrogens (tertiary/aromatic N) is 2. The molecule has 0 radical (unpaired) electrons. The minimum atomic E-state index is 0.677. The van der Waals surface area contributed by atoms with Crippen molar-refractivity contribution in [2.75, 3.05) is 19.6 Å². The third-order valence-electron chi connectivity index (χ3n) is 2.21. The fraction of sp³-hybridized carbons (Fsp3) is 0.167. The zero-order valence-electron chi connectivity index (χ0n) is 10.1. The number of hydrogen-bond donors (Lipinski definition) is 1. The lowest BCUT2D eigenvalue weighted by Gasteiger charge is -2.07. The number of aromatic nitrogens is 1. The summed E-state index contributed by atoms with van der Waals surface area (Å²) in [6.07, 6.45) is 3.42. The Labute approximate surface area is 109 Å². The second-order valence-corrected chi connectivity index (χ2v) is 4.22. The van der Waals surface area contributed by atoms with E-state index in [4.69, 9.17) is 9.47 Å². The lowest BCUT2D eigenvalue weighted by Crippen LogP contribution is -1.93. The lowest BCUT2D eigenvalue weighted by atomic mass is 10.2. The minimum Gasteiger partial charge on any atom is -0.493 e. The maximum Gasteiger partial charge on any atom is 0.203 e. The molecule has 94 valence electrons. The van der Waals surface area contributed by atoms with E-state index in [1.807, 2.05) is 23.6 Å². The highest BCUT2D eigenvalue weighted by Gasteiger charge is 2.02. The molecule has 6 heteroatoms. The van der Waals surface area contributed by atoms with Crippen molar-refractivity contribution in [1.29, 1.82) is 0 Å². The number of anilines is 1. The Morgan fingerprint density at radius 2 is 2.11 bits per heavy atom. The monoisotopic (exact) mass is 263 g/mol. The van der Waals surface area contributed by atoms with E-state index < -0.39 is 0 Å². The van der Waals surface area contributed by atoms with Crippen LogP contribution in [0.15, 0.2) is 34.9 Å². The average Bonchev–Trinajstić information content (AvgIpc) is 2.91. The Morgan fingerprint density at radius 3 is 2.78 bits per heavy atom. The molecule has 18 heavy (non-hydrogen) atoms. The number of ether oxygens (including phenoxy) is 2. The summed E-state index contributed by atoms with van der Waals surface area (Å²) in [5.41, 5.74) is 3.76. The third kappa shape index (κ3) is 2.98. The second kappa shape index (κ2) is 6.02. The van der Waals surface area contributed by atoms with Crippen LogP contribution in [0.5, 0.6) is 11.5 Å². The van der Waals surface area contributed by atoms with Gasteiger partial charge in [-0.3, -0.25) is 5.43 Å². The number of rotatable bonds is 5. The van der Waals surface area contributed by atoms with E-state index in [1.54, 1.807) is 26.6 Å². The highest BCUT2D eigenvalue weighted by molar-refractivity contribution is 7.13. The van der Waals surface area contributed by atoms with Gasteiger partial charge in [0.2, 0.25) is 5.13 Å². The molecule has 0 saturated carbocycles. The first-order chi connectivity index (χ1) is 8.83. The zero-order valence-corrected chi connectivity index (χ0v) is 10.9. The summed E-state index contributed by atoms with van der Waals surface area (Å²) in [7, 11) is 3.21. The Balaban J connectivity index is 2.07. The molecule has 0 aliphatic carbocycles. The molecule has 0 aliphatic heterocycles. The van der Waals surface area contributed by atoms with E-state index in [-0.39, 0.29) is 0 Å². The fourth-order valence-electron chi connectivity index (χ4n) is 1.37. The number of hydrazone groups is 1. The second-order valence-electron chi connectivity index (χ2n) is 3.32. The summed E-state index contributed by atoms with van der Waals surface area (Å²) in [4.78, 5) is 4.06. The van der Waals surface area contributed by atoms with Crippen LogP contribution in [0.1, 0.15) is 5.56 Å². The highest BCUT2D eigenvalue weighted by atomic mass is 32.1. The van der Waals surface area contributed by atoms with Crippen LogP contribution in [-0.4, -0.2) is 25.4 Å². The van der Waals surface area contributed by atoms with Crippen LogP contribution in [0.3, 0.4) is 0 Å². The molecule has 1 heterocycles. The van der Waals surface area contributed by atoms with Crippen LogP contribution in [0.25, 0.3) is 0 Å². The van der Waals surface area contributed by atoms with Crippen LogP contribution in [0.2, 0.25) is 0 Å². The van der Waals surface area contributed by atoms with Crippen molar-refractivity contribution in [2.24, 2.45) is 5.10 Å². The van der Waals surface area contributed by atoms with E-state index in [9.17, 15) is 0 Å². The molecule has 0 aliphatic rings. The molecule has 2 rings (SSSR count). The van der Waals surface area contributed by atoms with Gasteiger partial charge in [-0.2, -0.15) is 5.10 Å². The van der Waals surface area contributed by atoms with E-state index in [0.29, 0.717) is 11.5 Å². The quantitative estimate of drug-likeness (QED) is 0.665. The van der Waals surface area contributed by atoms with E-state index in [2.05, 4.69) is 15.5 Å². The van der Waals surface area contributed by atoms with Crippen LogP contribution < -0.4 is 14.9 Å². The normalized spacial score (nSPS) is 10.6. The highest BCUT2D eigenvalue weighted by Crippen LogP contribution is 2.26. The molecule has 0 saturated heterocycles. The lowest BCUT2D eigenvalue weighted by molar-refractivity contribution is 0.355. The van der Waals surface area contributed by atoms with Gasteiger partial charge in [0.1, 0.15) is 0 Å². The maximum atomic E-state index is 5.21. The van der Waals surface area contributed by atoms with Crippen LogP contribution in [-0.2, 0) is 0 Å². The fourth-order valence-corrected chi connectivity index (χ4v) is 1.85. The van der Waals surface area contributed by atoms with Gasteiger partial charge in [0, 0.05) is 11.6 Å². The predicted octanol–water partition coefficient (Wildman–Crippen LogP) is 2.61. The molecule has 0 fully saturated rings. The van der Waals surface area contributed by atoms with Crippen LogP contribution >= 0.6 is 11.3 Å². The van der Waals surface area contributed by atoms with E-state index >= 15 is 0 Å². The molecule has 0 atom stereocenters. The minimum absolute atomic E-state index is 0.677. The van der Waals surface area contributed by atoms with Gasteiger partial charge in [0.25, 0.3) is 0 Å². The van der Waals surface area contributed by atoms with Gasteiger partial charge in [-0.25, -0.2) is 4.98 Å². The number of methoxy groups -OCH3 is 2. The molecule has 0 amide bonds. The molecular weight excluding hydrogens is 250 g/mol. The summed E-state index contributed by atoms with van der Waals surface area (Å²) in [5.74, 6) is 1.37. The molecule has 0 spiro atoms. The summed E-state index contributed by atoms with van der Waals surface area (Å²) < 4.78 is 10.4. The van der Waals surface area contributed by atoms with Gasteiger partial charge in [-0.05, 0) is 23.8 Å². The van der Waals surface area contributed by atoms with Gasteiger partial charge >= 0.3 is 0 Å². The average molecular weight is 263 g/mol. The Bertz CT molecular complexity index is 526. The van der Waals surface area contributed by atoms with Gasteiger partial charge in [-0.15, -0.1) is 11.3 Å². The first-order valence-corrected chi connectivity index (χ1v) is 6.12. The van der Waals surface area contributed by atoms with Gasteiger partial charge in [0.05, 0.1) is 20.4 Å². The van der Waals surface area contributed by atoms with Gasteiger partial charge in [-0.1, -0.05) is 0 Å². The largest absolute Gasteiger partial charge is 0.493 e. The first kappa shape index (κ1) is 12.4. The van der Waals surface area contributed by atoms with Crippen molar-refractivity contribution in [3.8, 4) is 11.5 Å². The first-order valence-electron chi connectivity index (χ1n) is 5.24. The van der Waals surface area contributed by atoms with Crippen LogP contribution in [0, 0.1) is 0 Å². The standard InChI is InChI=1S/C12H13N3O2S/c1-16-10-4-3-9(7-11(10)17-2)8-14-15-12-13-5-6-18-12/h3-8H,1-2H3,(H,13,15)/b14-8-. The van der Waals surface area contributed by atoms with Gasteiger partial charge in [0.15, 0.2) is 11.5 Å². The molecule has 0 bridgehead atoms. The smallest absolute Gasteiger partial charge is 0.203 e. The Kier molecular flexibility index (Phi) is 4.14. The summed E-state index contributed by atoms with van der Waals surface area (Å²) >= 11 is 1.49. The van der Waals surface area contributed by atoms with Crippen molar-refractivity contribution in [3.05, 3.63) is 35.3 Å². The molecule has 1 N–H and O–H groups in total. The predicted molar refractivity (Wildman–Crippen MR) is 72.9 cm³/mol. The number of nitrogens with one attached hydrogen (secondary N) is 1. The van der Waals surface area contributed by atoms with Crippen molar-refractivity contribution < 1.29 is 9.47 Å². The van der Waals surface area contributed by atoms with Crippen LogP contribution in [0.4, 0.5) is 5.13 Å². The maximum absolute atomic E-state index is 5.21. The molecule has 0 unspecified atom stereocenters. The number of benzene rings is 1. The number of thiazole rings is 1. The Hall–Kier alpha value is -2.08. The summed E-state index contributed by atoms with van der Waals surface area (Å²) in [6, 6.07) is 5.59. The van der Waals surface area contributed by atoms with Crippen molar-refractivity contribution in [1.82, 2.24) is 4.98 Å². The SMILES string of the molecule is COc1ccc(/C=N\Nc2nccs2)cc1OC. The molecular formula is C12H13N3O2S. The van der Waals surface area contributed by atoms with Crippen molar-refractivity contribution >= 4 is 22.7 Å².